The Bertz CT molecular complexity index is 952. The number of piperidine rings is 1. The fraction of sp³-hybridized carbons (Fsp3) is 0.609. The van der Waals surface area contributed by atoms with Crippen molar-refractivity contribution < 1.29 is 13.6 Å². The highest BCUT2D eigenvalue weighted by atomic mass is 19.3. The number of likely N-dealkylation sites (tertiary alicyclic amines) is 1. The highest BCUT2D eigenvalue weighted by molar-refractivity contribution is 5.95. The number of hydrogen-bond donors (Lipinski definition) is 1. The molecule has 2 aromatic rings. The molecule has 4 rings (SSSR count). The summed E-state index contributed by atoms with van der Waals surface area (Å²) < 4.78 is 29.4. The van der Waals surface area contributed by atoms with Crippen molar-refractivity contribution in [1.82, 2.24) is 19.7 Å². The second kappa shape index (κ2) is 8.20. The van der Waals surface area contributed by atoms with Crippen molar-refractivity contribution in [2.24, 2.45) is 5.92 Å². The molecule has 1 unspecified atom stereocenters. The third-order valence-electron chi connectivity index (χ3n) is 6.50. The molecule has 0 radical (unpaired) electrons. The Morgan fingerprint density at radius 3 is 2.77 bits per heavy atom. The molecule has 0 aliphatic carbocycles. The Balaban J connectivity index is 1.55. The fourth-order valence-corrected chi connectivity index (χ4v) is 4.66. The summed E-state index contributed by atoms with van der Waals surface area (Å²) in [7, 11) is 0. The van der Waals surface area contributed by atoms with Gasteiger partial charge in [-0.25, -0.2) is 13.5 Å². The fourth-order valence-electron chi connectivity index (χ4n) is 4.66. The molecule has 4 heterocycles. The van der Waals surface area contributed by atoms with Gasteiger partial charge in [0, 0.05) is 48.6 Å². The molecule has 6 nitrogen and oxygen atoms in total. The topological polar surface area (TPSA) is 63.1 Å². The van der Waals surface area contributed by atoms with Gasteiger partial charge in [-0.1, -0.05) is 20.8 Å². The predicted octanol–water partition coefficient (Wildman–Crippen LogP) is 4.43. The van der Waals surface area contributed by atoms with Crippen molar-refractivity contribution in [3.8, 4) is 0 Å². The van der Waals surface area contributed by atoms with Crippen LogP contribution in [0.2, 0.25) is 0 Å². The highest BCUT2D eigenvalue weighted by Gasteiger charge is 2.39. The number of carbonyl (C=O) groups excluding carboxylic acids is 1. The van der Waals surface area contributed by atoms with Crippen molar-refractivity contribution >= 4 is 11.7 Å². The molecule has 2 aliphatic heterocycles. The van der Waals surface area contributed by atoms with Gasteiger partial charge < -0.3 is 10.2 Å². The molecule has 1 N–H and O–H groups in total. The number of hydrogen-bond acceptors (Lipinski definition) is 4. The molecule has 2 aliphatic rings. The second-order valence-corrected chi connectivity index (χ2v) is 9.84. The van der Waals surface area contributed by atoms with E-state index in [-0.39, 0.29) is 23.3 Å². The van der Waals surface area contributed by atoms with Crippen LogP contribution in [0.25, 0.3) is 0 Å². The number of anilines is 1. The van der Waals surface area contributed by atoms with Gasteiger partial charge in [0.05, 0.1) is 5.69 Å². The second-order valence-electron chi connectivity index (χ2n) is 9.84. The lowest BCUT2D eigenvalue weighted by atomic mass is 9.85. The van der Waals surface area contributed by atoms with Crippen molar-refractivity contribution in [2.45, 2.75) is 70.9 Å². The van der Waals surface area contributed by atoms with Crippen molar-refractivity contribution in [1.29, 1.82) is 0 Å². The number of rotatable bonds is 3. The van der Waals surface area contributed by atoms with Crippen LogP contribution in [0.4, 0.5) is 14.6 Å². The summed E-state index contributed by atoms with van der Waals surface area (Å²) in [5.74, 6) is 0.758. The molecule has 0 saturated carbocycles. The zero-order valence-electron chi connectivity index (χ0n) is 18.6. The Hall–Kier alpha value is -2.51. The van der Waals surface area contributed by atoms with Crippen LogP contribution in [-0.2, 0) is 5.41 Å². The van der Waals surface area contributed by atoms with Crippen LogP contribution in [0.5, 0.6) is 0 Å². The minimum absolute atomic E-state index is 0.00844. The van der Waals surface area contributed by atoms with Crippen LogP contribution in [0.1, 0.15) is 67.7 Å². The molecule has 31 heavy (non-hydrogen) atoms. The van der Waals surface area contributed by atoms with Crippen LogP contribution in [0.3, 0.4) is 0 Å². The first-order valence-electron chi connectivity index (χ1n) is 11.0. The minimum Gasteiger partial charge on any atom is -0.367 e. The lowest BCUT2D eigenvalue weighted by Gasteiger charge is -2.41. The van der Waals surface area contributed by atoms with E-state index in [2.05, 4.69) is 15.4 Å². The van der Waals surface area contributed by atoms with E-state index in [0.29, 0.717) is 30.9 Å². The summed E-state index contributed by atoms with van der Waals surface area (Å²) in [5, 5.41) is 7.97. The number of halogens is 2. The van der Waals surface area contributed by atoms with Crippen molar-refractivity contribution in [2.75, 3.05) is 18.4 Å². The standard InChI is InChI=1S/C23H31F2N5O/c1-14-12-26-8-7-16(14)22(31)29-9-5-6-15(13-29)17-10-18(21(24)25)30-20(27-17)11-19(28-30)23(2,3)4/h7-8,11-12,15,17-18,21,27H,5-6,9-10,13H2,1-4H3/t15?,17-,18+/m0/s1. The maximum Gasteiger partial charge on any atom is 0.260 e. The maximum absolute atomic E-state index is 14.0. The summed E-state index contributed by atoms with van der Waals surface area (Å²) in [6.45, 7) is 9.22. The van der Waals surface area contributed by atoms with Gasteiger partial charge >= 0.3 is 0 Å². The largest absolute Gasteiger partial charge is 0.367 e. The van der Waals surface area contributed by atoms with Gasteiger partial charge in [0.15, 0.2) is 0 Å². The smallest absolute Gasteiger partial charge is 0.260 e. The highest BCUT2D eigenvalue weighted by Crippen LogP contribution is 2.38. The van der Waals surface area contributed by atoms with Crippen LogP contribution < -0.4 is 5.32 Å². The number of pyridine rings is 1. The summed E-state index contributed by atoms with van der Waals surface area (Å²) >= 11 is 0. The first kappa shape index (κ1) is 21.7. The Labute approximate surface area is 182 Å². The third-order valence-corrected chi connectivity index (χ3v) is 6.50. The molecular weight excluding hydrogens is 400 g/mol. The summed E-state index contributed by atoms with van der Waals surface area (Å²) in [6, 6.07) is 2.57. The number of alkyl halides is 2. The van der Waals surface area contributed by atoms with E-state index in [1.165, 1.54) is 4.68 Å². The number of nitrogens with one attached hydrogen (secondary N) is 1. The molecule has 168 valence electrons. The molecular formula is C23H31F2N5O. The van der Waals surface area contributed by atoms with E-state index >= 15 is 0 Å². The predicted molar refractivity (Wildman–Crippen MR) is 116 cm³/mol. The normalized spacial score (nSPS) is 24.1. The molecule has 3 atom stereocenters. The molecule has 1 saturated heterocycles. The molecule has 0 aromatic carbocycles. The zero-order chi connectivity index (χ0) is 22.3. The first-order valence-corrected chi connectivity index (χ1v) is 11.0. The monoisotopic (exact) mass is 431 g/mol. The average Bonchev–Trinajstić information content (AvgIpc) is 3.17. The van der Waals surface area contributed by atoms with Crippen LogP contribution in [-0.4, -0.2) is 51.1 Å². The van der Waals surface area contributed by atoms with Gasteiger partial charge in [0.1, 0.15) is 11.9 Å². The van der Waals surface area contributed by atoms with E-state index in [4.69, 9.17) is 0 Å². The van der Waals surface area contributed by atoms with Gasteiger partial charge in [0.25, 0.3) is 12.3 Å². The third kappa shape index (κ3) is 4.29. The number of nitrogens with zero attached hydrogens (tertiary/aromatic N) is 4. The molecule has 1 amide bonds. The quantitative estimate of drug-likeness (QED) is 0.781. The molecule has 2 aromatic heterocycles. The minimum atomic E-state index is -2.49. The SMILES string of the molecule is Cc1cnccc1C(=O)N1CCCC([C@@H]2C[C@H](C(F)F)n3nc(C(C)(C)C)cc3N2)C1. The number of aromatic nitrogens is 3. The Morgan fingerprint density at radius 2 is 2.10 bits per heavy atom. The van der Waals surface area contributed by atoms with Gasteiger partial charge in [-0.2, -0.15) is 5.10 Å². The van der Waals surface area contributed by atoms with Gasteiger partial charge in [-0.3, -0.25) is 9.78 Å². The lowest BCUT2D eigenvalue weighted by Crippen LogP contribution is -2.48. The molecule has 8 heteroatoms. The Kier molecular flexibility index (Phi) is 5.75. The number of fused-ring (bicyclic) bond motifs is 1. The van der Waals surface area contributed by atoms with Gasteiger partial charge in [-0.05, 0) is 43.7 Å². The lowest BCUT2D eigenvalue weighted by molar-refractivity contribution is 0.0504. The summed E-state index contributed by atoms with van der Waals surface area (Å²) in [6.07, 6.45) is 2.91. The van der Waals surface area contributed by atoms with Crippen molar-refractivity contribution in [3.63, 3.8) is 0 Å². The van der Waals surface area contributed by atoms with E-state index in [1.807, 2.05) is 38.7 Å². The summed E-state index contributed by atoms with van der Waals surface area (Å²) in [4.78, 5) is 19.0. The van der Waals surface area contributed by atoms with E-state index in [9.17, 15) is 13.6 Å². The van der Waals surface area contributed by atoms with Gasteiger partial charge in [-0.15, -0.1) is 0 Å². The molecule has 0 spiro atoms. The first-order chi connectivity index (χ1) is 14.6. The van der Waals surface area contributed by atoms with E-state index < -0.39 is 12.5 Å². The van der Waals surface area contributed by atoms with Crippen LogP contribution >= 0.6 is 0 Å². The number of carbonyl (C=O) groups is 1. The maximum atomic E-state index is 14.0. The van der Waals surface area contributed by atoms with Crippen LogP contribution in [0, 0.1) is 12.8 Å². The molecule has 1 fully saturated rings. The number of aryl methyl sites for hydroxylation is 1. The van der Waals surface area contributed by atoms with Gasteiger partial charge in [0.2, 0.25) is 0 Å². The zero-order valence-corrected chi connectivity index (χ0v) is 18.6. The van der Waals surface area contributed by atoms with Crippen molar-refractivity contribution in [3.05, 3.63) is 41.3 Å². The van der Waals surface area contributed by atoms with Crippen LogP contribution in [0.15, 0.2) is 24.5 Å². The summed E-state index contributed by atoms with van der Waals surface area (Å²) in [5.41, 5.74) is 2.09. The Morgan fingerprint density at radius 1 is 1.32 bits per heavy atom. The average molecular weight is 432 g/mol. The van der Waals surface area contributed by atoms with E-state index in [0.717, 1.165) is 24.1 Å². The van der Waals surface area contributed by atoms with E-state index in [1.54, 1.807) is 18.5 Å². The molecule has 0 bridgehead atoms. The number of amides is 1.